The van der Waals surface area contributed by atoms with Crippen LogP contribution in [-0.4, -0.2) is 51.1 Å². The number of nitrogens with zero attached hydrogens (tertiary/aromatic N) is 3. The van der Waals surface area contributed by atoms with Crippen LogP contribution in [0, 0.1) is 11.3 Å². The second kappa shape index (κ2) is 9.18. The number of anilines is 1. The van der Waals surface area contributed by atoms with Crippen LogP contribution in [0.25, 0.3) is 11.1 Å². The molecule has 1 saturated heterocycles. The van der Waals surface area contributed by atoms with E-state index >= 15 is 0 Å². The van der Waals surface area contributed by atoms with Crippen molar-refractivity contribution in [2.24, 2.45) is 0 Å². The summed E-state index contributed by atoms with van der Waals surface area (Å²) in [5.74, 6) is 0.349. The van der Waals surface area contributed by atoms with Gasteiger partial charge in [-0.3, -0.25) is 0 Å². The van der Waals surface area contributed by atoms with Gasteiger partial charge in [-0.1, -0.05) is 12.1 Å². The maximum absolute atomic E-state index is 9.60. The first-order valence-corrected chi connectivity index (χ1v) is 8.86. The van der Waals surface area contributed by atoms with Crippen LogP contribution in [0.3, 0.4) is 0 Å². The van der Waals surface area contributed by atoms with E-state index in [0.717, 1.165) is 43.1 Å². The molecule has 0 spiro atoms. The van der Waals surface area contributed by atoms with Gasteiger partial charge >= 0.3 is 0 Å². The first kappa shape index (κ1) is 18.2. The Morgan fingerprint density at radius 3 is 2.62 bits per heavy atom. The Labute approximate surface area is 153 Å². The number of rotatable bonds is 7. The van der Waals surface area contributed by atoms with Crippen molar-refractivity contribution in [3.8, 4) is 23.1 Å². The van der Waals surface area contributed by atoms with E-state index in [1.165, 1.54) is 0 Å². The molecule has 136 valence electrons. The minimum absolute atomic E-state index is 0.349. The molecule has 0 atom stereocenters. The molecule has 6 nitrogen and oxygen atoms in total. The zero-order valence-corrected chi connectivity index (χ0v) is 15.0. The molecule has 0 N–H and O–H groups in total. The summed E-state index contributed by atoms with van der Waals surface area (Å²) in [6, 6.07) is 12.3. The molecule has 1 aromatic carbocycles. The minimum Gasteiger partial charge on any atom is -0.474 e. The van der Waals surface area contributed by atoms with Gasteiger partial charge in [0.1, 0.15) is 18.2 Å². The van der Waals surface area contributed by atoms with Gasteiger partial charge in [0.15, 0.2) is 0 Å². The Morgan fingerprint density at radius 2 is 1.92 bits per heavy atom. The molecular weight excluding hydrogens is 330 g/mol. The Balaban J connectivity index is 1.78. The number of ether oxygens (including phenoxy) is 3. The molecule has 26 heavy (non-hydrogen) atoms. The second-order valence-electron chi connectivity index (χ2n) is 5.84. The zero-order valence-electron chi connectivity index (χ0n) is 15.0. The Bertz CT molecular complexity index is 750. The van der Waals surface area contributed by atoms with E-state index in [-0.39, 0.29) is 0 Å². The van der Waals surface area contributed by atoms with Crippen LogP contribution < -0.4 is 9.64 Å². The Hall–Kier alpha value is -2.62. The van der Waals surface area contributed by atoms with Crippen LogP contribution in [-0.2, 0) is 9.47 Å². The van der Waals surface area contributed by atoms with Gasteiger partial charge in [-0.15, -0.1) is 0 Å². The van der Waals surface area contributed by atoms with Gasteiger partial charge in [-0.05, 0) is 30.7 Å². The normalized spacial score (nSPS) is 14.1. The lowest BCUT2D eigenvalue weighted by atomic mass is 10.0. The third kappa shape index (κ3) is 4.31. The summed E-state index contributed by atoms with van der Waals surface area (Å²) in [4.78, 5) is 6.50. The molecule has 0 aliphatic carbocycles. The SMILES string of the molecule is CCOCCOc1nccc(-c2ccc(N3CCOCC3)cc2)c1C#N. The van der Waals surface area contributed by atoms with Crippen molar-refractivity contribution in [1.29, 1.82) is 5.26 Å². The summed E-state index contributed by atoms with van der Waals surface area (Å²) in [6.45, 7) is 6.72. The van der Waals surface area contributed by atoms with Crippen LogP contribution >= 0.6 is 0 Å². The third-order valence-electron chi connectivity index (χ3n) is 4.25. The lowest BCUT2D eigenvalue weighted by molar-refractivity contribution is 0.108. The number of nitriles is 1. The second-order valence-corrected chi connectivity index (χ2v) is 5.84. The molecule has 1 aliphatic heterocycles. The molecule has 2 heterocycles. The fourth-order valence-electron chi connectivity index (χ4n) is 2.92. The lowest BCUT2D eigenvalue weighted by Gasteiger charge is -2.29. The van der Waals surface area contributed by atoms with Crippen LogP contribution in [0.5, 0.6) is 5.88 Å². The summed E-state index contributed by atoms with van der Waals surface area (Å²) in [7, 11) is 0. The maximum Gasteiger partial charge on any atom is 0.232 e. The number of hydrogen-bond donors (Lipinski definition) is 0. The fraction of sp³-hybridized carbons (Fsp3) is 0.400. The summed E-state index contributed by atoms with van der Waals surface area (Å²) in [6.07, 6.45) is 1.67. The average Bonchev–Trinajstić information content (AvgIpc) is 2.72. The molecule has 1 fully saturated rings. The van der Waals surface area contributed by atoms with Crippen molar-refractivity contribution in [3.05, 3.63) is 42.1 Å². The predicted molar refractivity (Wildman–Crippen MR) is 99.4 cm³/mol. The summed E-state index contributed by atoms with van der Waals surface area (Å²) >= 11 is 0. The largest absolute Gasteiger partial charge is 0.474 e. The molecule has 0 bridgehead atoms. The number of benzene rings is 1. The predicted octanol–water partition coefficient (Wildman–Crippen LogP) is 2.87. The molecule has 0 amide bonds. The standard InChI is InChI=1S/C20H23N3O3/c1-2-24-13-14-26-20-19(15-21)18(7-8-22-20)16-3-5-17(6-4-16)23-9-11-25-12-10-23/h3-8H,2,9-14H2,1H3. The van der Waals surface area contributed by atoms with Crippen molar-refractivity contribution in [2.75, 3.05) is 51.0 Å². The van der Waals surface area contributed by atoms with Gasteiger partial charge in [0.2, 0.25) is 5.88 Å². The van der Waals surface area contributed by atoms with E-state index in [1.807, 2.05) is 25.1 Å². The molecule has 1 aliphatic rings. The summed E-state index contributed by atoms with van der Waals surface area (Å²) in [5, 5.41) is 9.60. The van der Waals surface area contributed by atoms with Gasteiger partial charge in [0, 0.05) is 37.1 Å². The van der Waals surface area contributed by atoms with Crippen molar-refractivity contribution < 1.29 is 14.2 Å². The van der Waals surface area contributed by atoms with Gasteiger partial charge in [0.25, 0.3) is 0 Å². The number of hydrogen-bond acceptors (Lipinski definition) is 6. The van der Waals surface area contributed by atoms with Crippen molar-refractivity contribution >= 4 is 5.69 Å². The van der Waals surface area contributed by atoms with Crippen molar-refractivity contribution in [1.82, 2.24) is 4.98 Å². The highest BCUT2D eigenvalue weighted by Crippen LogP contribution is 2.30. The highest BCUT2D eigenvalue weighted by Gasteiger charge is 2.14. The molecule has 6 heteroatoms. The fourth-order valence-corrected chi connectivity index (χ4v) is 2.92. The van der Waals surface area contributed by atoms with Crippen LogP contribution in [0.15, 0.2) is 36.5 Å². The van der Waals surface area contributed by atoms with Gasteiger partial charge in [-0.2, -0.15) is 5.26 Å². The summed E-state index contributed by atoms with van der Waals surface area (Å²) in [5.41, 5.74) is 3.40. The molecule has 1 aromatic heterocycles. The first-order valence-electron chi connectivity index (χ1n) is 8.86. The van der Waals surface area contributed by atoms with Crippen molar-refractivity contribution in [3.63, 3.8) is 0 Å². The van der Waals surface area contributed by atoms with E-state index in [1.54, 1.807) is 6.20 Å². The smallest absolute Gasteiger partial charge is 0.232 e. The van der Waals surface area contributed by atoms with E-state index in [4.69, 9.17) is 14.2 Å². The Morgan fingerprint density at radius 1 is 1.15 bits per heavy atom. The van der Waals surface area contributed by atoms with Crippen LogP contribution in [0.1, 0.15) is 12.5 Å². The molecular formula is C20H23N3O3. The molecule has 3 rings (SSSR count). The van der Waals surface area contributed by atoms with Gasteiger partial charge in [0.05, 0.1) is 19.8 Å². The first-order chi connectivity index (χ1) is 12.8. The zero-order chi connectivity index (χ0) is 18.2. The quantitative estimate of drug-likeness (QED) is 0.713. The highest BCUT2D eigenvalue weighted by atomic mass is 16.5. The topological polar surface area (TPSA) is 67.6 Å². The third-order valence-corrected chi connectivity index (χ3v) is 4.25. The van der Waals surface area contributed by atoms with E-state index in [0.29, 0.717) is 31.3 Å². The average molecular weight is 353 g/mol. The van der Waals surface area contributed by atoms with Crippen LogP contribution in [0.4, 0.5) is 5.69 Å². The molecule has 0 saturated carbocycles. The van der Waals surface area contributed by atoms with E-state index in [9.17, 15) is 5.26 Å². The van der Waals surface area contributed by atoms with E-state index in [2.05, 4.69) is 28.1 Å². The summed E-state index contributed by atoms with van der Waals surface area (Å²) < 4.78 is 16.3. The minimum atomic E-state index is 0.349. The Kier molecular flexibility index (Phi) is 6.42. The molecule has 0 radical (unpaired) electrons. The number of aromatic nitrogens is 1. The maximum atomic E-state index is 9.60. The molecule has 2 aromatic rings. The van der Waals surface area contributed by atoms with E-state index < -0.39 is 0 Å². The number of morpholine rings is 1. The van der Waals surface area contributed by atoms with Crippen LogP contribution in [0.2, 0.25) is 0 Å². The number of pyridine rings is 1. The van der Waals surface area contributed by atoms with Gasteiger partial charge in [-0.25, -0.2) is 4.98 Å². The highest BCUT2D eigenvalue weighted by molar-refractivity contribution is 5.73. The molecule has 0 unspecified atom stereocenters. The monoisotopic (exact) mass is 353 g/mol. The van der Waals surface area contributed by atoms with Crippen molar-refractivity contribution in [2.45, 2.75) is 6.92 Å². The lowest BCUT2D eigenvalue weighted by Crippen LogP contribution is -2.36. The van der Waals surface area contributed by atoms with Gasteiger partial charge < -0.3 is 19.1 Å².